The number of hydrogen-bond donors (Lipinski definition) is 1. The highest BCUT2D eigenvalue weighted by molar-refractivity contribution is 7.90. The van der Waals surface area contributed by atoms with E-state index < -0.39 is 30.6 Å². The van der Waals surface area contributed by atoms with Crippen LogP contribution in [0.3, 0.4) is 0 Å². The van der Waals surface area contributed by atoms with Crippen molar-refractivity contribution in [1.29, 1.82) is 0 Å². The number of hydrogen-bond acceptors (Lipinski definition) is 3. The zero-order valence-corrected chi connectivity index (χ0v) is 20.3. The minimum Gasteiger partial charge on any atom is -0.598 e. The topological polar surface area (TPSA) is 49.2 Å². The van der Waals surface area contributed by atoms with Crippen LogP contribution >= 0.6 is 0 Å². The van der Waals surface area contributed by atoms with E-state index in [1.807, 2.05) is 38.3 Å². The second-order valence-electron chi connectivity index (χ2n) is 9.70. The number of alkyl halides is 2. The Bertz CT molecular complexity index is 815. The monoisotopic (exact) mass is 444 g/mol. The lowest BCUT2D eigenvalue weighted by Gasteiger charge is -2.27. The number of fused-ring (bicyclic) bond motifs is 1. The highest BCUT2D eigenvalue weighted by Gasteiger charge is 2.29. The molecule has 0 saturated heterocycles. The van der Waals surface area contributed by atoms with Crippen LogP contribution in [0.2, 0.25) is 25.7 Å². The molecule has 0 radical (unpaired) electrons. The molecule has 0 saturated carbocycles. The average Bonchev–Trinajstić information content (AvgIpc) is 2.99. The summed E-state index contributed by atoms with van der Waals surface area (Å²) in [5, 5.41) is 0.529. The van der Waals surface area contributed by atoms with Gasteiger partial charge in [-0.1, -0.05) is 19.6 Å². The van der Waals surface area contributed by atoms with Crippen LogP contribution in [0.25, 0.3) is 10.9 Å². The predicted molar refractivity (Wildman–Crippen MR) is 120 cm³/mol. The minimum atomic E-state index is -2.58. The van der Waals surface area contributed by atoms with E-state index in [1.54, 1.807) is 12.3 Å². The molecule has 1 N–H and O–H groups in total. The van der Waals surface area contributed by atoms with Crippen molar-refractivity contribution in [2.75, 3.05) is 6.61 Å². The van der Waals surface area contributed by atoms with Crippen LogP contribution in [-0.4, -0.2) is 28.5 Å². The maximum absolute atomic E-state index is 13.7. The third kappa shape index (κ3) is 6.78. The number of rotatable bonds is 9. The van der Waals surface area contributed by atoms with E-state index in [9.17, 15) is 13.3 Å². The largest absolute Gasteiger partial charge is 0.598 e. The number of benzene rings is 1. The molecule has 2 unspecified atom stereocenters. The first-order chi connectivity index (χ1) is 13.3. The Morgan fingerprint density at radius 2 is 1.90 bits per heavy atom. The molecule has 2 rings (SSSR count). The fourth-order valence-corrected chi connectivity index (χ4v) is 4.40. The fraction of sp³-hybridized carbons (Fsp3) is 0.619. The van der Waals surface area contributed by atoms with E-state index in [2.05, 4.69) is 24.4 Å². The summed E-state index contributed by atoms with van der Waals surface area (Å²) >= 11 is -1.29. The van der Waals surface area contributed by atoms with E-state index in [0.29, 0.717) is 29.8 Å². The quantitative estimate of drug-likeness (QED) is 0.293. The molecule has 0 fully saturated rings. The van der Waals surface area contributed by atoms with E-state index in [1.165, 1.54) is 6.07 Å². The zero-order valence-electron chi connectivity index (χ0n) is 18.5. The summed E-state index contributed by atoms with van der Waals surface area (Å²) in [4.78, 5) is 0. The summed E-state index contributed by atoms with van der Waals surface area (Å²) in [6, 6.07) is 5.85. The zero-order chi connectivity index (χ0) is 22.0. The molecule has 2 atom stereocenters. The normalized spacial score (nSPS) is 15.3. The maximum atomic E-state index is 13.7. The molecular weight excluding hydrogens is 410 g/mol. The molecule has 0 aliphatic rings. The molecule has 29 heavy (non-hydrogen) atoms. The van der Waals surface area contributed by atoms with Gasteiger partial charge in [-0.05, 0) is 57.5 Å². The van der Waals surface area contributed by atoms with Gasteiger partial charge < -0.3 is 13.9 Å². The van der Waals surface area contributed by atoms with Crippen molar-refractivity contribution >= 4 is 30.3 Å². The van der Waals surface area contributed by atoms with Gasteiger partial charge in [0.05, 0.1) is 11.6 Å². The molecule has 8 heteroatoms. The van der Waals surface area contributed by atoms with Crippen LogP contribution in [0.1, 0.15) is 51.3 Å². The first-order valence-corrected chi connectivity index (χ1v) is 14.8. The molecule has 164 valence electrons. The van der Waals surface area contributed by atoms with Crippen LogP contribution in [0.5, 0.6) is 0 Å². The molecule has 4 nitrogen and oxygen atoms in total. The Labute approximate surface area is 177 Å². The molecule has 1 heterocycles. The van der Waals surface area contributed by atoms with Crippen LogP contribution < -0.4 is 4.72 Å². The standard InChI is InChI=1S/C21H34F2N2O2SSi/c1-15(24-28(26)21(2,3)4)16-12-18(20(22)23)17-8-9-25(19(17)13-16)14-27-10-11-29(5,6)7/h8-9,12-13,15,20,24H,10-11,14H2,1-7H3. The third-order valence-corrected chi connectivity index (χ3v) is 8.13. The third-order valence-electron chi connectivity index (χ3n) is 4.74. The SMILES string of the molecule is CC(N[S+]([O-])C(C)(C)C)c1cc(C(F)F)c2ccn(COCC[Si](C)(C)C)c2c1. The number of nitrogens with zero attached hydrogens (tertiary/aromatic N) is 1. The summed E-state index contributed by atoms with van der Waals surface area (Å²) in [5.41, 5.74) is 1.39. The van der Waals surface area contributed by atoms with Crippen molar-refractivity contribution in [2.24, 2.45) is 0 Å². The minimum absolute atomic E-state index is 0.00598. The van der Waals surface area contributed by atoms with Gasteiger partial charge in [0.1, 0.15) is 11.5 Å². The van der Waals surface area contributed by atoms with Gasteiger partial charge in [-0.15, -0.1) is 4.72 Å². The summed E-state index contributed by atoms with van der Waals surface area (Å²) in [6.45, 7) is 15.3. The molecule has 1 aromatic heterocycles. The first-order valence-electron chi connectivity index (χ1n) is 9.96. The molecule has 0 bridgehead atoms. The van der Waals surface area contributed by atoms with Crippen LogP contribution in [0, 0.1) is 0 Å². The van der Waals surface area contributed by atoms with Gasteiger partial charge in [0.2, 0.25) is 0 Å². The Kier molecular flexibility index (Phi) is 7.95. The van der Waals surface area contributed by atoms with Crippen LogP contribution in [0.4, 0.5) is 8.78 Å². The van der Waals surface area contributed by atoms with E-state index in [4.69, 9.17) is 4.74 Å². The summed E-state index contributed by atoms with van der Waals surface area (Å²) in [5.74, 6) is 0. The lowest BCUT2D eigenvalue weighted by atomic mass is 10.0. The number of aromatic nitrogens is 1. The highest BCUT2D eigenvalue weighted by atomic mass is 32.2. The Morgan fingerprint density at radius 1 is 1.24 bits per heavy atom. The summed E-state index contributed by atoms with van der Waals surface area (Å²) < 4.78 is 50.2. The van der Waals surface area contributed by atoms with Gasteiger partial charge in [0, 0.05) is 43.2 Å². The van der Waals surface area contributed by atoms with E-state index in [0.717, 1.165) is 6.04 Å². The van der Waals surface area contributed by atoms with Gasteiger partial charge in [-0.3, -0.25) is 0 Å². The van der Waals surface area contributed by atoms with Crippen molar-refractivity contribution in [3.05, 3.63) is 35.5 Å². The second kappa shape index (κ2) is 9.47. The second-order valence-corrected chi connectivity index (χ2v) is 17.3. The lowest BCUT2D eigenvalue weighted by molar-refractivity contribution is 0.0902. The van der Waals surface area contributed by atoms with Crippen molar-refractivity contribution in [3.8, 4) is 0 Å². The van der Waals surface area contributed by atoms with Gasteiger partial charge >= 0.3 is 0 Å². The molecule has 0 aliphatic carbocycles. The Hall–Kier alpha value is -0.933. The molecule has 2 aromatic rings. The number of nitrogens with one attached hydrogen (secondary N) is 1. The molecule has 1 aromatic carbocycles. The van der Waals surface area contributed by atoms with Crippen molar-refractivity contribution in [3.63, 3.8) is 0 Å². The predicted octanol–water partition coefficient (Wildman–Crippen LogP) is 6.00. The van der Waals surface area contributed by atoms with Crippen LogP contribution in [-0.2, 0) is 22.8 Å². The van der Waals surface area contributed by atoms with Crippen molar-refractivity contribution in [1.82, 2.24) is 9.29 Å². The number of halogens is 2. The Balaban J connectivity index is 2.28. The van der Waals surface area contributed by atoms with Crippen molar-refractivity contribution < 1.29 is 18.1 Å². The first kappa shape index (κ1) is 24.3. The average molecular weight is 445 g/mol. The molecular formula is C21H34F2N2O2SSi. The molecule has 0 amide bonds. The smallest absolute Gasteiger partial charge is 0.264 e. The summed E-state index contributed by atoms with van der Waals surface area (Å²) in [6.07, 6.45) is -0.790. The van der Waals surface area contributed by atoms with Gasteiger partial charge in [0.15, 0.2) is 0 Å². The maximum Gasteiger partial charge on any atom is 0.264 e. The van der Waals surface area contributed by atoms with Gasteiger partial charge in [-0.25, -0.2) is 8.78 Å². The fourth-order valence-electron chi connectivity index (χ4n) is 2.84. The van der Waals surface area contributed by atoms with Gasteiger partial charge in [0.25, 0.3) is 6.43 Å². The van der Waals surface area contributed by atoms with Gasteiger partial charge in [-0.2, -0.15) is 0 Å². The number of ether oxygens (including phenoxy) is 1. The summed E-state index contributed by atoms with van der Waals surface area (Å²) in [7, 11) is -1.18. The Morgan fingerprint density at radius 3 is 2.45 bits per heavy atom. The van der Waals surface area contributed by atoms with E-state index in [-0.39, 0.29) is 11.6 Å². The highest BCUT2D eigenvalue weighted by Crippen LogP contribution is 2.32. The lowest BCUT2D eigenvalue weighted by Crippen LogP contribution is -2.40. The van der Waals surface area contributed by atoms with E-state index >= 15 is 0 Å². The molecule has 0 aliphatic heterocycles. The van der Waals surface area contributed by atoms with Crippen molar-refractivity contribution in [2.45, 2.75) is 77.3 Å². The van der Waals surface area contributed by atoms with Crippen LogP contribution in [0.15, 0.2) is 24.4 Å². The molecule has 0 spiro atoms.